The van der Waals surface area contributed by atoms with Gasteiger partial charge in [0.05, 0.1) is 0 Å². The Morgan fingerprint density at radius 2 is 2.18 bits per heavy atom. The number of likely N-dealkylation sites (N-methyl/N-ethyl adjacent to an activating group) is 1. The van der Waals surface area contributed by atoms with Gasteiger partial charge in [0.2, 0.25) is 10.0 Å². The van der Waals surface area contributed by atoms with E-state index in [0.717, 1.165) is 5.57 Å². The lowest BCUT2D eigenvalue weighted by atomic mass is 10.3. The van der Waals surface area contributed by atoms with E-state index in [1.807, 2.05) is 0 Å². The predicted octanol–water partition coefficient (Wildman–Crippen LogP) is 2.32. The number of hydrogen-bond acceptors (Lipinski definition) is 3. The maximum Gasteiger partial charge on any atom is 0.244 e. The molecular formula is C11H15ClN2O2S. The molecule has 94 valence electrons. The first-order valence-electron chi connectivity index (χ1n) is 5.14. The summed E-state index contributed by atoms with van der Waals surface area (Å²) in [6.07, 6.45) is 1.26. The van der Waals surface area contributed by atoms with Crippen LogP contribution in [-0.2, 0) is 10.0 Å². The fourth-order valence-electron chi connectivity index (χ4n) is 1.33. The first kappa shape index (κ1) is 14.2. The third-order valence-electron chi connectivity index (χ3n) is 2.14. The second-order valence-corrected chi connectivity index (χ2v) is 6.03. The minimum Gasteiger partial charge on any atom is -0.243 e. The summed E-state index contributed by atoms with van der Waals surface area (Å²) in [6, 6.07) is 2.91. The second kappa shape index (κ2) is 5.62. The van der Waals surface area contributed by atoms with Gasteiger partial charge in [-0.1, -0.05) is 30.7 Å². The zero-order valence-electron chi connectivity index (χ0n) is 9.85. The van der Waals surface area contributed by atoms with Crippen LogP contribution in [0.3, 0.4) is 0 Å². The van der Waals surface area contributed by atoms with E-state index in [-0.39, 0.29) is 10.0 Å². The Balaban J connectivity index is 3.08. The van der Waals surface area contributed by atoms with Crippen molar-refractivity contribution in [2.45, 2.75) is 18.7 Å². The largest absolute Gasteiger partial charge is 0.244 e. The van der Waals surface area contributed by atoms with Gasteiger partial charge in [-0.2, -0.15) is 4.31 Å². The molecule has 0 saturated heterocycles. The highest BCUT2D eigenvalue weighted by Gasteiger charge is 2.23. The first-order chi connectivity index (χ1) is 7.87. The number of rotatable bonds is 5. The van der Waals surface area contributed by atoms with E-state index in [2.05, 4.69) is 11.6 Å². The highest BCUT2D eigenvalue weighted by molar-refractivity contribution is 7.89. The molecule has 0 aliphatic rings. The summed E-state index contributed by atoms with van der Waals surface area (Å²) in [5.74, 6) is 0. The summed E-state index contributed by atoms with van der Waals surface area (Å²) in [5.41, 5.74) is 0.789. The van der Waals surface area contributed by atoms with Crippen molar-refractivity contribution in [3.8, 4) is 0 Å². The van der Waals surface area contributed by atoms with Gasteiger partial charge in [-0.3, -0.25) is 0 Å². The van der Waals surface area contributed by atoms with Crippen LogP contribution in [0.1, 0.15) is 13.8 Å². The molecule has 0 aliphatic heterocycles. The van der Waals surface area contributed by atoms with E-state index >= 15 is 0 Å². The molecule has 1 rings (SSSR count). The normalized spacial score (nSPS) is 11.8. The Bertz CT molecular complexity index is 497. The average molecular weight is 275 g/mol. The van der Waals surface area contributed by atoms with Crippen LogP contribution in [0.25, 0.3) is 0 Å². The molecule has 0 aliphatic carbocycles. The molecule has 0 spiro atoms. The van der Waals surface area contributed by atoms with Crippen LogP contribution in [0.4, 0.5) is 0 Å². The third-order valence-corrected chi connectivity index (χ3v) is 4.26. The summed E-state index contributed by atoms with van der Waals surface area (Å²) < 4.78 is 25.8. The monoisotopic (exact) mass is 274 g/mol. The summed E-state index contributed by atoms with van der Waals surface area (Å²) in [5, 5.41) is 0.270. The number of nitrogens with zero attached hydrogens (tertiary/aromatic N) is 2. The van der Waals surface area contributed by atoms with Crippen molar-refractivity contribution < 1.29 is 8.42 Å². The fraction of sp³-hybridized carbons (Fsp3) is 0.364. The molecule has 0 fully saturated rings. The van der Waals surface area contributed by atoms with Crippen LogP contribution >= 0.6 is 11.6 Å². The lowest BCUT2D eigenvalue weighted by Gasteiger charge is -2.20. The van der Waals surface area contributed by atoms with Gasteiger partial charge >= 0.3 is 0 Å². The van der Waals surface area contributed by atoms with Crippen LogP contribution in [0, 0.1) is 0 Å². The zero-order chi connectivity index (χ0) is 13.1. The molecule has 0 aromatic carbocycles. The molecular weight excluding hydrogens is 260 g/mol. The minimum absolute atomic E-state index is 0.144. The first-order valence-corrected chi connectivity index (χ1v) is 6.95. The Labute approximate surface area is 107 Å². The zero-order valence-corrected chi connectivity index (χ0v) is 11.4. The van der Waals surface area contributed by atoms with Gasteiger partial charge in [0, 0.05) is 19.3 Å². The van der Waals surface area contributed by atoms with Gasteiger partial charge in [-0.15, -0.1) is 0 Å². The summed E-state index contributed by atoms with van der Waals surface area (Å²) >= 11 is 5.63. The number of halogens is 1. The van der Waals surface area contributed by atoms with Gasteiger partial charge in [-0.25, -0.2) is 13.4 Å². The third kappa shape index (κ3) is 3.52. The summed E-state index contributed by atoms with van der Waals surface area (Å²) in [6.45, 7) is 7.99. The maximum absolute atomic E-state index is 12.2. The molecule has 0 atom stereocenters. The van der Waals surface area contributed by atoms with E-state index in [4.69, 9.17) is 11.6 Å². The van der Waals surface area contributed by atoms with Gasteiger partial charge < -0.3 is 0 Å². The van der Waals surface area contributed by atoms with E-state index in [9.17, 15) is 8.42 Å². The summed E-state index contributed by atoms with van der Waals surface area (Å²) in [4.78, 5) is 3.92. The predicted molar refractivity (Wildman–Crippen MR) is 68.5 cm³/mol. The highest BCUT2D eigenvalue weighted by Crippen LogP contribution is 2.17. The topological polar surface area (TPSA) is 50.3 Å². The molecule has 0 saturated carbocycles. The van der Waals surface area contributed by atoms with E-state index in [0.29, 0.717) is 13.1 Å². The molecule has 4 nitrogen and oxygen atoms in total. The molecule has 1 aromatic heterocycles. The molecule has 6 heteroatoms. The van der Waals surface area contributed by atoms with Crippen LogP contribution in [0.5, 0.6) is 0 Å². The van der Waals surface area contributed by atoms with Gasteiger partial charge in [-0.05, 0) is 19.1 Å². The SMILES string of the molecule is C=C(C)CN(CC)S(=O)(=O)c1ccc(Cl)nc1. The second-order valence-electron chi connectivity index (χ2n) is 3.70. The molecule has 0 N–H and O–H groups in total. The van der Waals surface area contributed by atoms with Crippen LogP contribution in [0.2, 0.25) is 5.15 Å². The standard InChI is InChI=1S/C11H15ClN2O2S/c1-4-14(8-9(2)3)17(15,16)10-5-6-11(12)13-7-10/h5-7H,2,4,8H2,1,3H3. The van der Waals surface area contributed by atoms with E-state index < -0.39 is 10.0 Å². The Morgan fingerprint density at radius 1 is 1.53 bits per heavy atom. The van der Waals surface area contributed by atoms with Crippen LogP contribution < -0.4 is 0 Å². The minimum atomic E-state index is -3.51. The van der Waals surface area contributed by atoms with E-state index in [1.54, 1.807) is 13.8 Å². The quantitative estimate of drug-likeness (QED) is 0.612. The Hall–Kier alpha value is -0.910. The molecule has 0 unspecified atom stereocenters. The number of sulfonamides is 1. The van der Waals surface area contributed by atoms with Gasteiger partial charge in [0.15, 0.2) is 0 Å². The van der Waals surface area contributed by atoms with Gasteiger partial charge in [0.1, 0.15) is 10.0 Å². The van der Waals surface area contributed by atoms with Crippen molar-refractivity contribution in [2.75, 3.05) is 13.1 Å². The molecule has 0 bridgehead atoms. The summed E-state index contributed by atoms with van der Waals surface area (Å²) in [7, 11) is -3.51. The molecule has 1 heterocycles. The molecule has 1 aromatic rings. The van der Waals surface area contributed by atoms with Crippen LogP contribution in [0.15, 0.2) is 35.4 Å². The van der Waals surface area contributed by atoms with Crippen molar-refractivity contribution in [2.24, 2.45) is 0 Å². The Morgan fingerprint density at radius 3 is 2.59 bits per heavy atom. The van der Waals surface area contributed by atoms with Crippen molar-refractivity contribution >= 4 is 21.6 Å². The highest BCUT2D eigenvalue weighted by atomic mass is 35.5. The number of hydrogen-bond donors (Lipinski definition) is 0. The van der Waals surface area contributed by atoms with Crippen molar-refractivity contribution in [3.63, 3.8) is 0 Å². The fourth-order valence-corrected chi connectivity index (χ4v) is 2.90. The van der Waals surface area contributed by atoms with Gasteiger partial charge in [0.25, 0.3) is 0 Å². The number of aromatic nitrogens is 1. The molecule has 0 radical (unpaired) electrons. The molecule has 0 amide bonds. The lowest BCUT2D eigenvalue weighted by molar-refractivity contribution is 0.452. The van der Waals surface area contributed by atoms with E-state index in [1.165, 1.54) is 22.6 Å². The lowest BCUT2D eigenvalue weighted by Crippen LogP contribution is -2.32. The van der Waals surface area contributed by atoms with Crippen LogP contribution in [-0.4, -0.2) is 30.8 Å². The van der Waals surface area contributed by atoms with Crippen molar-refractivity contribution in [3.05, 3.63) is 35.6 Å². The van der Waals surface area contributed by atoms with Crippen molar-refractivity contribution in [1.82, 2.24) is 9.29 Å². The maximum atomic E-state index is 12.2. The average Bonchev–Trinajstić information content (AvgIpc) is 2.26. The molecule has 17 heavy (non-hydrogen) atoms. The van der Waals surface area contributed by atoms with Crippen molar-refractivity contribution in [1.29, 1.82) is 0 Å². The number of pyridine rings is 1. The smallest absolute Gasteiger partial charge is 0.243 e. The Kier molecular flexibility index (Phi) is 4.68.